The molecular formula is C13H33N3O4Si-. The van der Waals surface area contributed by atoms with E-state index in [1.807, 2.05) is 41.5 Å². The molecule has 0 rings (SSSR count). The quantitative estimate of drug-likeness (QED) is 0.496. The molecule has 0 bridgehead atoms. The van der Waals surface area contributed by atoms with Gasteiger partial charge in [-0.3, -0.25) is 0 Å². The summed E-state index contributed by atoms with van der Waals surface area (Å²) in [4.78, 5) is 0. The van der Waals surface area contributed by atoms with Crippen molar-refractivity contribution in [3.05, 3.63) is 0 Å². The van der Waals surface area contributed by atoms with Crippen molar-refractivity contribution in [2.75, 3.05) is 26.9 Å². The number of hydrogen-bond donors (Lipinski definition) is 3. The highest BCUT2D eigenvalue weighted by atomic mass is 28.4. The molecule has 0 unspecified atom stereocenters. The average Bonchev–Trinajstić information content (AvgIpc) is 2.25. The fraction of sp³-hybridized carbons (Fsp3) is 1.00. The largest absolute Gasteiger partial charge is 0.505 e. The first-order valence-corrected chi connectivity index (χ1v) is 8.65. The molecular weight excluding hydrogens is 290 g/mol. The molecule has 0 aliphatic heterocycles. The van der Waals surface area contributed by atoms with Gasteiger partial charge in [0.1, 0.15) is 0 Å². The third kappa shape index (κ3) is 11.2. The average molecular weight is 324 g/mol. The fourth-order valence-corrected chi connectivity index (χ4v) is 3.37. The summed E-state index contributed by atoms with van der Waals surface area (Å²) >= 11 is 0. The van der Waals surface area contributed by atoms with Gasteiger partial charge in [0.25, 0.3) is 0 Å². The van der Waals surface area contributed by atoms with Gasteiger partial charge in [-0.2, -0.15) is 0 Å². The molecule has 0 aromatic carbocycles. The van der Waals surface area contributed by atoms with Crippen LogP contribution in [-0.2, 0) is 17.7 Å². The van der Waals surface area contributed by atoms with Crippen LogP contribution in [0.2, 0.25) is 0 Å². The zero-order valence-electron chi connectivity index (χ0n) is 14.5. The predicted octanol–water partition coefficient (Wildman–Crippen LogP) is 0.330. The van der Waals surface area contributed by atoms with Crippen LogP contribution in [-0.4, -0.2) is 52.6 Å². The van der Waals surface area contributed by atoms with Crippen LogP contribution < -0.4 is 17.2 Å². The van der Waals surface area contributed by atoms with Crippen LogP contribution in [0, 0.1) is 0 Å². The van der Waals surface area contributed by atoms with E-state index in [1.165, 1.54) is 7.11 Å². The van der Waals surface area contributed by atoms with Gasteiger partial charge in [-0.1, -0.05) is 0 Å². The summed E-state index contributed by atoms with van der Waals surface area (Å²) in [5.41, 5.74) is 16.2. The lowest BCUT2D eigenvalue weighted by Gasteiger charge is -2.45. The second kappa shape index (κ2) is 7.47. The Kier molecular flexibility index (Phi) is 7.45. The molecule has 0 aromatic heterocycles. The minimum atomic E-state index is -3.34. The maximum absolute atomic E-state index is 5.94. The molecule has 21 heavy (non-hydrogen) atoms. The number of rotatable bonds is 10. The standard InChI is InChI=1S/C13H33N3O4Si/c1-11(2,14)8-18-21(17-7,19-9-12(3,4)15)20-10-13(5,6)16/h8-10,14-16H2,1-7H3/q-1. The molecule has 0 radical (unpaired) electrons. The van der Waals surface area contributed by atoms with Gasteiger partial charge in [0.2, 0.25) is 0 Å². The van der Waals surface area contributed by atoms with Gasteiger partial charge in [0.15, 0.2) is 0 Å². The van der Waals surface area contributed by atoms with Gasteiger partial charge >= 0.3 is 9.05 Å². The molecule has 0 aliphatic carbocycles. The molecule has 0 saturated heterocycles. The molecule has 0 amide bonds. The van der Waals surface area contributed by atoms with Gasteiger partial charge in [0.05, 0.1) is 0 Å². The Bertz CT molecular complexity index is 262. The summed E-state index contributed by atoms with van der Waals surface area (Å²) in [5.74, 6) is 0. The molecule has 0 saturated carbocycles. The minimum absolute atomic E-state index is 0.239. The van der Waals surface area contributed by atoms with E-state index < -0.39 is 25.7 Å². The summed E-state index contributed by atoms with van der Waals surface area (Å²) in [5, 5.41) is 0. The molecule has 0 heterocycles. The van der Waals surface area contributed by atoms with E-state index in [2.05, 4.69) is 0 Å². The Hall–Kier alpha value is -0.0631. The van der Waals surface area contributed by atoms with Gasteiger partial charge in [-0.15, -0.1) is 0 Å². The zero-order chi connectivity index (χ0) is 16.9. The normalized spacial score (nSPS) is 14.6. The van der Waals surface area contributed by atoms with Gasteiger partial charge in [0, 0.05) is 36.4 Å². The fourth-order valence-electron chi connectivity index (χ4n) is 1.12. The van der Waals surface area contributed by atoms with Crippen LogP contribution >= 0.6 is 0 Å². The monoisotopic (exact) mass is 323 g/mol. The molecule has 0 aliphatic rings. The lowest BCUT2D eigenvalue weighted by Crippen LogP contribution is -2.57. The Balaban J connectivity index is 4.91. The van der Waals surface area contributed by atoms with E-state index >= 15 is 0 Å². The lowest BCUT2D eigenvalue weighted by atomic mass is 10.1. The molecule has 0 fully saturated rings. The second-order valence-electron chi connectivity index (χ2n) is 7.54. The van der Waals surface area contributed by atoms with Crippen molar-refractivity contribution < 1.29 is 17.7 Å². The van der Waals surface area contributed by atoms with Gasteiger partial charge in [-0.25, -0.2) is 0 Å². The summed E-state index contributed by atoms with van der Waals surface area (Å²) in [6.45, 7) is 11.8. The van der Waals surface area contributed by atoms with E-state index in [0.29, 0.717) is 0 Å². The van der Waals surface area contributed by atoms with E-state index in [-0.39, 0.29) is 19.8 Å². The van der Waals surface area contributed by atoms with E-state index in [4.69, 9.17) is 34.9 Å². The Morgan fingerprint density at radius 1 is 0.667 bits per heavy atom. The summed E-state index contributed by atoms with van der Waals surface area (Å²) in [6.07, 6.45) is 0. The maximum Gasteiger partial charge on any atom is 0.450 e. The van der Waals surface area contributed by atoms with Crippen molar-refractivity contribution in [1.82, 2.24) is 0 Å². The smallest absolute Gasteiger partial charge is 0.450 e. The van der Waals surface area contributed by atoms with Crippen molar-refractivity contribution in [3.63, 3.8) is 0 Å². The van der Waals surface area contributed by atoms with Crippen molar-refractivity contribution in [1.29, 1.82) is 0 Å². The van der Waals surface area contributed by atoms with Crippen LogP contribution in [0.4, 0.5) is 0 Å². The van der Waals surface area contributed by atoms with Crippen LogP contribution in [0.1, 0.15) is 41.5 Å². The molecule has 7 nitrogen and oxygen atoms in total. The highest BCUT2D eigenvalue weighted by Crippen LogP contribution is 2.17. The molecule has 0 aromatic rings. The maximum atomic E-state index is 5.94. The molecule has 0 spiro atoms. The Labute approximate surface area is 129 Å². The lowest BCUT2D eigenvalue weighted by molar-refractivity contribution is -0.0437. The van der Waals surface area contributed by atoms with Crippen LogP contribution in [0.5, 0.6) is 0 Å². The second-order valence-corrected chi connectivity index (χ2v) is 9.81. The van der Waals surface area contributed by atoms with Crippen LogP contribution in [0.3, 0.4) is 0 Å². The SMILES string of the molecule is CO[Si-](OCC(C)(C)N)(OCC(C)(C)N)OCC(C)(C)N. The summed E-state index contributed by atoms with van der Waals surface area (Å²) in [6, 6.07) is 0. The van der Waals surface area contributed by atoms with Crippen molar-refractivity contribution in [2.45, 2.75) is 58.2 Å². The van der Waals surface area contributed by atoms with Crippen molar-refractivity contribution in [3.8, 4) is 0 Å². The number of nitrogens with two attached hydrogens (primary N) is 3. The number of hydrogen-bond acceptors (Lipinski definition) is 7. The predicted molar refractivity (Wildman–Crippen MR) is 85.4 cm³/mol. The highest BCUT2D eigenvalue weighted by Gasteiger charge is 2.33. The molecule has 8 heteroatoms. The van der Waals surface area contributed by atoms with E-state index in [1.54, 1.807) is 0 Å². The topological polar surface area (TPSA) is 115 Å². The van der Waals surface area contributed by atoms with E-state index in [9.17, 15) is 0 Å². The zero-order valence-corrected chi connectivity index (χ0v) is 15.5. The Morgan fingerprint density at radius 2 is 0.905 bits per heavy atom. The van der Waals surface area contributed by atoms with E-state index in [0.717, 1.165) is 0 Å². The minimum Gasteiger partial charge on any atom is -0.505 e. The van der Waals surface area contributed by atoms with Crippen molar-refractivity contribution in [2.24, 2.45) is 17.2 Å². The molecule has 6 N–H and O–H groups in total. The first-order chi connectivity index (χ1) is 9.18. The van der Waals surface area contributed by atoms with Crippen molar-refractivity contribution >= 4 is 9.05 Å². The first-order valence-electron chi connectivity index (χ1n) is 7.02. The third-order valence-electron chi connectivity index (χ3n) is 2.11. The summed E-state index contributed by atoms with van der Waals surface area (Å²) in [7, 11) is -1.85. The molecule has 129 valence electrons. The van der Waals surface area contributed by atoms with Gasteiger partial charge < -0.3 is 34.9 Å². The van der Waals surface area contributed by atoms with Crippen LogP contribution in [0.15, 0.2) is 0 Å². The Morgan fingerprint density at radius 3 is 1.05 bits per heavy atom. The summed E-state index contributed by atoms with van der Waals surface area (Å²) < 4.78 is 22.7. The third-order valence-corrected chi connectivity index (χ3v) is 4.11. The van der Waals surface area contributed by atoms with Crippen LogP contribution in [0.25, 0.3) is 0 Å². The molecule has 0 atom stereocenters. The van der Waals surface area contributed by atoms with Gasteiger partial charge in [-0.05, 0) is 48.7 Å². The highest BCUT2D eigenvalue weighted by molar-refractivity contribution is 6.53. The first kappa shape index (κ1) is 20.9.